The zero-order chi connectivity index (χ0) is 17.7. The first kappa shape index (κ1) is 21.7. The summed E-state index contributed by atoms with van der Waals surface area (Å²) in [4.78, 5) is 12.2. The van der Waals surface area contributed by atoms with Crippen molar-refractivity contribution in [3.05, 3.63) is 29.3 Å². The number of nitrogens with one attached hydrogen (secondary N) is 2. The van der Waals surface area contributed by atoms with Crippen molar-refractivity contribution in [1.82, 2.24) is 10.6 Å². The van der Waals surface area contributed by atoms with Crippen LogP contribution in [0.2, 0.25) is 0 Å². The van der Waals surface area contributed by atoms with E-state index in [1.807, 2.05) is 6.92 Å². The number of halogens is 1. The van der Waals surface area contributed by atoms with Crippen molar-refractivity contribution in [3.8, 4) is 0 Å². The van der Waals surface area contributed by atoms with E-state index in [-0.39, 0.29) is 24.4 Å². The van der Waals surface area contributed by atoms with Gasteiger partial charge in [-0.1, -0.05) is 0 Å². The summed E-state index contributed by atoms with van der Waals surface area (Å²) < 4.78 is 30.2. The molecular formula is C16H26ClN3O4S. The third-order valence-electron chi connectivity index (χ3n) is 3.92. The van der Waals surface area contributed by atoms with Crippen LogP contribution in [0.5, 0.6) is 0 Å². The van der Waals surface area contributed by atoms with Gasteiger partial charge in [0.15, 0.2) is 0 Å². The molecule has 0 fully saturated rings. The molecule has 1 aliphatic rings. The molecule has 0 bridgehead atoms. The molecule has 1 aliphatic heterocycles. The van der Waals surface area contributed by atoms with Gasteiger partial charge < -0.3 is 15.4 Å². The van der Waals surface area contributed by atoms with Crippen molar-refractivity contribution >= 4 is 34.0 Å². The Bertz CT molecular complexity index is 697. The van der Waals surface area contributed by atoms with Crippen molar-refractivity contribution < 1.29 is 17.9 Å². The van der Waals surface area contributed by atoms with E-state index in [1.165, 1.54) is 10.6 Å². The molecule has 0 saturated heterocycles. The molecule has 1 heterocycles. The van der Waals surface area contributed by atoms with E-state index in [0.717, 1.165) is 12.1 Å². The summed E-state index contributed by atoms with van der Waals surface area (Å²) in [5.74, 6) is -0.156. The predicted octanol–water partition coefficient (Wildman–Crippen LogP) is 0.785. The van der Waals surface area contributed by atoms with Gasteiger partial charge in [-0.25, -0.2) is 8.42 Å². The molecule has 0 aliphatic carbocycles. The van der Waals surface area contributed by atoms with Crippen LogP contribution in [-0.2, 0) is 21.2 Å². The first-order chi connectivity index (χ1) is 11.3. The quantitative estimate of drug-likeness (QED) is 0.639. The highest BCUT2D eigenvalue weighted by Crippen LogP contribution is 2.34. The average molecular weight is 392 g/mol. The minimum Gasteiger partial charge on any atom is -0.383 e. The highest BCUT2D eigenvalue weighted by molar-refractivity contribution is 7.92. The Morgan fingerprint density at radius 3 is 2.68 bits per heavy atom. The van der Waals surface area contributed by atoms with Crippen molar-refractivity contribution in [2.24, 2.45) is 0 Å². The molecule has 1 aromatic carbocycles. The van der Waals surface area contributed by atoms with E-state index in [0.29, 0.717) is 37.4 Å². The molecule has 7 nitrogen and oxygen atoms in total. The van der Waals surface area contributed by atoms with Crippen LogP contribution >= 0.6 is 12.4 Å². The summed E-state index contributed by atoms with van der Waals surface area (Å²) in [7, 11) is -1.67. The summed E-state index contributed by atoms with van der Waals surface area (Å²) in [5.41, 5.74) is 2.11. The van der Waals surface area contributed by atoms with Crippen molar-refractivity contribution in [2.75, 3.05) is 43.9 Å². The maximum absolute atomic E-state index is 12.2. The van der Waals surface area contributed by atoms with Crippen LogP contribution < -0.4 is 14.9 Å². The van der Waals surface area contributed by atoms with Crippen molar-refractivity contribution in [2.45, 2.75) is 19.4 Å². The van der Waals surface area contributed by atoms with Crippen LogP contribution in [0.15, 0.2) is 18.2 Å². The molecule has 2 N–H and O–H groups in total. The van der Waals surface area contributed by atoms with Gasteiger partial charge in [0.2, 0.25) is 10.0 Å². The summed E-state index contributed by atoms with van der Waals surface area (Å²) in [6, 6.07) is 5.04. The van der Waals surface area contributed by atoms with Crippen LogP contribution in [0.25, 0.3) is 0 Å². The molecule has 142 valence electrons. The molecule has 0 spiro atoms. The van der Waals surface area contributed by atoms with Gasteiger partial charge in [0, 0.05) is 38.3 Å². The highest BCUT2D eigenvalue weighted by Gasteiger charge is 2.32. The predicted molar refractivity (Wildman–Crippen MR) is 101 cm³/mol. The highest BCUT2D eigenvalue weighted by atomic mass is 35.5. The SMILES string of the molecule is COCCNCCNC(=O)c1ccc2c(c1)CC(C)N2S(C)(=O)=O.Cl. The van der Waals surface area contributed by atoms with Gasteiger partial charge in [0.05, 0.1) is 18.6 Å². The molecule has 1 atom stereocenters. The Labute approximate surface area is 155 Å². The van der Waals surface area contributed by atoms with Crippen LogP contribution in [0.4, 0.5) is 5.69 Å². The summed E-state index contributed by atoms with van der Waals surface area (Å²) >= 11 is 0. The Hall–Kier alpha value is -1.35. The second kappa shape index (κ2) is 9.38. The Balaban J connectivity index is 0.00000312. The number of fused-ring (bicyclic) bond motifs is 1. The van der Waals surface area contributed by atoms with Crippen LogP contribution in [0.1, 0.15) is 22.8 Å². The first-order valence-electron chi connectivity index (χ1n) is 7.94. The van der Waals surface area contributed by atoms with E-state index in [4.69, 9.17) is 4.74 Å². The molecule has 0 saturated carbocycles. The average Bonchev–Trinajstić information content (AvgIpc) is 2.85. The number of benzene rings is 1. The normalized spacial score (nSPS) is 16.3. The minimum absolute atomic E-state index is 0. The Morgan fingerprint density at radius 1 is 1.32 bits per heavy atom. The lowest BCUT2D eigenvalue weighted by molar-refractivity contribution is 0.0953. The monoisotopic (exact) mass is 391 g/mol. The van der Waals surface area contributed by atoms with Crippen molar-refractivity contribution in [1.29, 1.82) is 0 Å². The summed E-state index contributed by atoms with van der Waals surface area (Å²) in [6.07, 6.45) is 1.82. The number of anilines is 1. The molecule has 0 aromatic heterocycles. The largest absolute Gasteiger partial charge is 0.383 e. The molecular weight excluding hydrogens is 366 g/mol. The number of methoxy groups -OCH3 is 1. The molecule has 2 rings (SSSR count). The molecule has 0 radical (unpaired) electrons. The topological polar surface area (TPSA) is 87.7 Å². The third-order valence-corrected chi connectivity index (χ3v) is 5.19. The molecule has 25 heavy (non-hydrogen) atoms. The fourth-order valence-electron chi connectivity index (χ4n) is 2.92. The molecule has 1 aromatic rings. The van der Waals surface area contributed by atoms with Crippen molar-refractivity contribution in [3.63, 3.8) is 0 Å². The van der Waals surface area contributed by atoms with Gasteiger partial charge in [-0.15, -0.1) is 12.4 Å². The van der Waals surface area contributed by atoms with E-state index in [9.17, 15) is 13.2 Å². The fraction of sp³-hybridized carbons (Fsp3) is 0.562. The zero-order valence-electron chi connectivity index (χ0n) is 14.7. The second-order valence-electron chi connectivity index (χ2n) is 5.95. The van der Waals surface area contributed by atoms with E-state index in [1.54, 1.807) is 25.3 Å². The lowest BCUT2D eigenvalue weighted by atomic mass is 10.1. The fourth-order valence-corrected chi connectivity index (χ4v) is 4.18. The number of hydrogen-bond donors (Lipinski definition) is 2. The van der Waals surface area contributed by atoms with Crippen LogP contribution in [0.3, 0.4) is 0 Å². The standard InChI is InChI=1S/C16H25N3O4S.ClH/c1-12-10-14-11-13(4-5-15(14)19(12)24(3,21)22)16(20)18-7-6-17-8-9-23-2;/h4-5,11-12,17H,6-10H2,1-3H3,(H,18,20);1H. The zero-order valence-corrected chi connectivity index (χ0v) is 16.4. The van der Waals surface area contributed by atoms with E-state index in [2.05, 4.69) is 10.6 Å². The summed E-state index contributed by atoms with van der Waals surface area (Å²) in [5, 5.41) is 6.00. The third kappa shape index (κ3) is 5.57. The Kier molecular flexibility index (Phi) is 8.14. The number of carbonyl (C=O) groups excluding carboxylic acids is 1. The number of ether oxygens (including phenoxy) is 1. The smallest absolute Gasteiger partial charge is 0.251 e. The van der Waals surface area contributed by atoms with E-state index < -0.39 is 10.0 Å². The van der Waals surface area contributed by atoms with Gasteiger partial charge in [-0.3, -0.25) is 9.10 Å². The van der Waals surface area contributed by atoms with Gasteiger partial charge in [0.25, 0.3) is 5.91 Å². The number of rotatable bonds is 8. The first-order valence-corrected chi connectivity index (χ1v) is 9.79. The lowest BCUT2D eigenvalue weighted by Gasteiger charge is -2.21. The van der Waals surface area contributed by atoms with Gasteiger partial charge in [-0.2, -0.15) is 0 Å². The maximum Gasteiger partial charge on any atom is 0.251 e. The Morgan fingerprint density at radius 2 is 2.04 bits per heavy atom. The van der Waals surface area contributed by atoms with Gasteiger partial charge in [0.1, 0.15) is 0 Å². The molecule has 1 unspecified atom stereocenters. The van der Waals surface area contributed by atoms with Gasteiger partial charge >= 0.3 is 0 Å². The lowest BCUT2D eigenvalue weighted by Crippen LogP contribution is -2.34. The number of carbonyl (C=O) groups is 1. The number of hydrogen-bond acceptors (Lipinski definition) is 5. The molecule has 1 amide bonds. The minimum atomic E-state index is -3.31. The van der Waals surface area contributed by atoms with E-state index >= 15 is 0 Å². The van der Waals surface area contributed by atoms with Crippen LogP contribution in [-0.4, -0.2) is 60.0 Å². The maximum atomic E-state index is 12.2. The second-order valence-corrected chi connectivity index (χ2v) is 7.81. The summed E-state index contributed by atoms with van der Waals surface area (Å²) in [6.45, 7) is 4.43. The number of nitrogens with zero attached hydrogens (tertiary/aromatic N) is 1. The van der Waals surface area contributed by atoms with Gasteiger partial charge in [-0.05, 0) is 37.1 Å². The van der Waals surface area contributed by atoms with Crippen LogP contribution in [0, 0.1) is 0 Å². The number of amides is 1. The number of sulfonamides is 1. The molecule has 9 heteroatoms.